The standard InChI is InChI=1S/C10H16N2O6S3/c1-7-6-19-8(10(13)18-2)9(7)21(16,17)12-5-4-11-20(3,14)15/h6,11-12H,4-5H2,1-3H3. The molecule has 0 saturated heterocycles. The van der Waals surface area contributed by atoms with Crippen LogP contribution < -0.4 is 9.44 Å². The SMILES string of the molecule is COC(=O)c1scc(C)c1S(=O)(=O)NCCNS(C)(=O)=O. The van der Waals surface area contributed by atoms with E-state index in [9.17, 15) is 21.6 Å². The van der Waals surface area contributed by atoms with Crippen LogP contribution in [-0.4, -0.2) is 49.3 Å². The summed E-state index contributed by atoms with van der Waals surface area (Å²) >= 11 is 0.974. The molecule has 11 heteroatoms. The summed E-state index contributed by atoms with van der Waals surface area (Å²) in [4.78, 5) is 11.4. The van der Waals surface area contributed by atoms with Crippen molar-refractivity contribution >= 4 is 37.4 Å². The van der Waals surface area contributed by atoms with Crippen molar-refractivity contribution in [2.24, 2.45) is 0 Å². The van der Waals surface area contributed by atoms with Crippen LogP contribution in [0.15, 0.2) is 10.3 Å². The largest absolute Gasteiger partial charge is 0.465 e. The lowest BCUT2D eigenvalue weighted by Gasteiger charge is -2.08. The van der Waals surface area contributed by atoms with Crippen LogP contribution in [0, 0.1) is 6.92 Å². The van der Waals surface area contributed by atoms with Crippen molar-refractivity contribution in [1.82, 2.24) is 9.44 Å². The minimum atomic E-state index is -3.93. The summed E-state index contributed by atoms with van der Waals surface area (Å²) in [7, 11) is -6.15. The highest BCUT2D eigenvalue weighted by Crippen LogP contribution is 2.27. The first-order valence-corrected chi connectivity index (χ1v) is 9.94. The fourth-order valence-corrected chi connectivity index (χ4v) is 4.70. The van der Waals surface area contributed by atoms with Gasteiger partial charge in [-0.05, 0) is 17.9 Å². The molecule has 0 radical (unpaired) electrons. The van der Waals surface area contributed by atoms with Crippen LogP contribution in [0.5, 0.6) is 0 Å². The van der Waals surface area contributed by atoms with E-state index in [4.69, 9.17) is 0 Å². The Hall–Kier alpha value is -1.01. The number of esters is 1. The lowest BCUT2D eigenvalue weighted by atomic mass is 10.3. The summed E-state index contributed by atoms with van der Waals surface area (Å²) < 4.78 is 55.1. The number of ether oxygens (including phenoxy) is 1. The van der Waals surface area contributed by atoms with Gasteiger partial charge in [-0.2, -0.15) is 0 Å². The van der Waals surface area contributed by atoms with Gasteiger partial charge in [0.15, 0.2) is 0 Å². The van der Waals surface area contributed by atoms with Crippen molar-refractivity contribution in [1.29, 1.82) is 0 Å². The predicted molar refractivity (Wildman–Crippen MR) is 78.4 cm³/mol. The first-order chi connectivity index (χ1) is 9.58. The van der Waals surface area contributed by atoms with Crippen molar-refractivity contribution in [2.45, 2.75) is 11.8 Å². The molecule has 0 fully saturated rings. The van der Waals surface area contributed by atoms with Crippen LogP contribution in [0.2, 0.25) is 0 Å². The van der Waals surface area contributed by atoms with Crippen molar-refractivity contribution in [3.8, 4) is 0 Å². The Balaban J connectivity index is 2.89. The highest BCUT2D eigenvalue weighted by atomic mass is 32.2. The monoisotopic (exact) mass is 356 g/mol. The average Bonchev–Trinajstić information content (AvgIpc) is 2.75. The van der Waals surface area contributed by atoms with Gasteiger partial charge in [-0.25, -0.2) is 31.1 Å². The zero-order valence-electron chi connectivity index (χ0n) is 11.7. The third-order valence-corrected chi connectivity index (χ3v) is 5.92. The topological polar surface area (TPSA) is 119 Å². The van der Waals surface area contributed by atoms with Gasteiger partial charge in [-0.15, -0.1) is 11.3 Å². The number of thiophene rings is 1. The molecule has 1 aromatic rings. The zero-order valence-corrected chi connectivity index (χ0v) is 14.1. The van der Waals surface area contributed by atoms with Crippen LogP contribution in [0.3, 0.4) is 0 Å². The molecule has 120 valence electrons. The molecule has 1 aromatic heterocycles. The van der Waals surface area contributed by atoms with E-state index in [0.717, 1.165) is 24.7 Å². The normalized spacial score (nSPS) is 12.3. The molecule has 0 aliphatic rings. The minimum Gasteiger partial charge on any atom is -0.465 e. The van der Waals surface area contributed by atoms with Crippen molar-refractivity contribution in [3.63, 3.8) is 0 Å². The van der Waals surface area contributed by atoms with Crippen LogP contribution in [0.1, 0.15) is 15.2 Å². The number of aryl methyl sites for hydroxylation is 1. The molecule has 0 bridgehead atoms. The molecule has 2 N–H and O–H groups in total. The molecule has 0 aromatic carbocycles. The first kappa shape index (κ1) is 18.0. The Morgan fingerprint density at radius 1 is 1.24 bits per heavy atom. The van der Waals surface area contributed by atoms with Gasteiger partial charge in [0, 0.05) is 13.1 Å². The fourth-order valence-electron chi connectivity index (χ4n) is 1.49. The van der Waals surface area contributed by atoms with E-state index in [2.05, 4.69) is 14.2 Å². The molecule has 0 amide bonds. The number of rotatable bonds is 7. The number of sulfonamides is 2. The van der Waals surface area contributed by atoms with Crippen molar-refractivity contribution in [2.75, 3.05) is 26.5 Å². The van der Waals surface area contributed by atoms with E-state index < -0.39 is 26.0 Å². The highest BCUT2D eigenvalue weighted by Gasteiger charge is 2.27. The number of carbonyl (C=O) groups is 1. The highest BCUT2D eigenvalue weighted by molar-refractivity contribution is 7.90. The average molecular weight is 356 g/mol. The summed E-state index contributed by atoms with van der Waals surface area (Å²) in [6, 6.07) is 0. The van der Waals surface area contributed by atoms with Gasteiger partial charge in [0.2, 0.25) is 20.0 Å². The Morgan fingerprint density at radius 2 is 1.81 bits per heavy atom. The molecular weight excluding hydrogens is 340 g/mol. The van der Waals surface area contributed by atoms with Crippen LogP contribution in [0.25, 0.3) is 0 Å². The molecule has 0 unspecified atom stereocenters. The Labute approximate surface area is 127 Å². The third-order valence-electron chi connectivity index (χ3n) is 2.34. The molecule has 21 heavy (non-hydrogen) atoms. The summed E-state index contributed by atoms with van der Waals surface area (Å²) in [6.07, 6.45) is 0.972. The quantitative estimate of drug-likeness (QED) is 0.510. The smallest absolute Gasteiger partial charge is 0.349 e. The maximum atomic E-state index is 12.2. The number of methoxy groups -OCH3 is 1. The van der Waals surface area contributed by atoms with Gasteiger partial charge in [0.1, 0.15) is 9.77 Å². The van der Waals surface area contributed by atoms with Crippen molar-refractivity contribution < 1.29 is 26.4 Å². The molecule has 1 rings (SSSR count). The van der Waals surface area contributed by atoms with E-state index in [1.54, 1.807) is 6.92 Å². The maximum Gasteiger partial charge on any atom is 0.349 e. The molecule has 1 heterocycles. The van der Waals surface area contributed by atoms with Gasteiger partial charge in [-0.1, -0.05) is 0 Å². The molecule has 0 aliphatic carbocycles. The Morgan fingerprint density at radius 3 is 2.33 bits per heavy atom. The maximum absolute atomic E-state index is 12.2. The number of hydrogen-bond donors (Lipinski definition) is 2. The van der Waals surface area contributed by atoms with Crippen LogP contribution in [0.4, 0.5) is 0 Å². The van der Waals surface area contributed by atoms with Crippen LogP contribution in [-0.2, 0) is 24.8 Å². The summed E-state index contributed by atoms with van der Waals surface area (Å²) in [6.45, 7) is 1.34. The van der Waals surface area contributed by atoms with Gasteiger partial charge < -0.3 is 4.74 Å². The van der Waals surface area contributed by atoms with E-state index in [0.29, 0.717) is 5.56 Å². The number of hydrogen-bond acceptors (Lipinski definition) is 7. The molecule has 0 saturated carbocycles. The minimum absolute atomic E-state index is 0.0152. The Kier molecular flexibility index (Phi) is 5.87. The number of carbonyl (C=O) groups excluding carboxylic acids is 1. The van der Waals surface area contributed by atoms with Gasteiger partial charge in [0.25, 0.3) is 0 Å². The second-order valence-electron chi connectivity index (χ2n) is 4.13. The third kappa shape index (κ3) is 5.04. The molecule has 8 nitrogen and oxygen atoms in total. The number of nitrogens with one attached hydrogen (secondary N) is 2. The second-order valence-corrected chi connectivity index (χ2v) is 8.55. The second kappa shape index (κ2) is 6.83. The summed E-state index contributed by atoms with van der Waals surface area (Å²) in [5.74, 6) is -0.734. The van der Waals surface area contributed by atoms with Gasteiger partial charge in [-0.3, -0.25) is 0 Å². The van der Waals surface area contributed by atoms with E-state index in [1.165, 1.54) is 5.38 Å². The zero-order chi connectivity index (χ0) is 16.3. The van der Waals surface area contributed by atoms with Gasteiger partial charge >= 0.3 is 5.97 Å². The van der Waals surface area contributed by atoms with Gasteiger partial charge in [0.05, 0.1) is 13.4 Å². The van der Waals surface area contributed by atoms with Crippen molar-refractivity contribution in [3.05, 3.63) is 15.8 Å². The molecular formula is C10H16N2O6S3. The lowest BCUT2D eigenvalue weighted by Crippen LogP contribution is -2.34. The molecule has 0 aliphatic heterocycles. The predicted octanol–water partition coefficient (Wildman–Crippen LogP) is -0.329. The molecule has 0 atom stereocenters. The lowest BCUT2D eigenvalue weighted by molar-refractivity contribution is 0.0602. The molecule has 0 spiro atoms. The van der Waals surface area contributed by atoms with E-state index in [1.807, 2.05) is 0 Å². The Bertz CT molecular complexity index is 720. The summed E-state index contributed by atoms with van der Waals surface area (Å²) in [5, 5.41) is 1.54. The fraction of sp³-hybridized carbons (Fsp3) is 0.500. The summed E-state index contributed by atoms with van der Waals surface area (Å²) in [5.41, 5.74) is 0.420. The first-order valence-electron chi connectivity index (χ1n) is 5.69. The van der Waals surface area contributed by atoms with E-state index in [-0.39, 0.29) is 22.9 Å². The van der Waals surface area contributed by atoms with Crippen LogP contribution >= 0.6 is 11.3 Å². The van der Waals surface area contributed by atoms with E-state index >= 15 is 0 Å².